The fraction of sp³-hybridized carbons (Fsp3) is 0.529. The second kappa shape index (κ2) is 10.4. The average molecular weight is 402 g/mol. The van der Waals surface area contributed by atoms with Crippen molar-refractivity contribution in [3.63, 3.8) is 0 Å². The summed E-state index contributed by atoms with van der Waals surface area (Å²) in [5, 5.41) is 10.2. The van der Waals surface area contributed by atoms with Crippen molar-refractivity contribution < 1.29 is 9.32 Å². The molecule has 1 atom stereocenters. The molecule has 9 heteroatoms. The molecule has 2 heterocycles. The normalized spacial score (nSPS) is 14.3. The van der Waals surface area contributed by atoms with Crippen molar-refractivity contribution in [3.05, 3.63) is 30.4 Å². The molecule has 7 nitrogen and oxygen atoms in total. The van der Waals surface area contributed by atoms with Gasteiger partial charge in [-0.3, -0.25) is 9.78 Å². The van der Waals surface area contributed by atoms with E-state index in [1.807, 2.05) is 26.0 Å². The predicted octanol–water partition coefficient (Wildman–Crippen LogP) is 2.79. The van der Waals surface area contributed by atoms with Crippen molar-refractivity contribution in [3.8, 4) is 11.4 Å². The molecule has 2 aromatic rings. The number of nitrogens with one attached hydrogen (secondary N) is 2. The van der Waals surface area contributed by atoms with Gasteiger partial charge in [-0.1, -0.05) is 19.0 Å². The lowest BCUT2D eigenvalue weighted by atomic mass is 10.0. The van der Waals surface area contributed by atoms with Crippen LogP contribution in [-0.4, -0.2) is 34.1 Å². The van der Waals surface area contributed by atoms with Gasteiger partial charge in [-0.2, -0.15) is 4.98 Å². The molecule has 1 fully saturated rings. The summed E-state index contributed by atoms with van der Waals surface area (Å²) in [4.78, 5) is 20.6. The Morgan fingerprint density at radius 3 is 2.73 bits per heavy atom. The van der Waals surface area contributed by atoms with Crippen LogP contribution in [0.15, 0.2) is 29.0 Å². The van der Waals surface area contributed by atoms with Gasteiger partial charge in [-0.15, -0.1) is 24.8 Å². The third-order valence-corrected chi connectivity index (χ3v) is 4.03. The van der Waals surface area contributed by atoms with E-state index in [0.717, 1.165) is 18.0 Å². The van der Waals surface area contributed by atoms with E-state index in [9.17, 15) is 4.79 Å². The summed E-state index contributed by atoms with van der Waals surface area (Å²) in [6.07, 6.45) is 5.90. The van der Waals surface area contributed by atoms with Gasteiger partial charge in [-0.05, 0) is 43.4 Å². The third-order valence-electron chi connectivity index (χ3n) is 4.03. The van der Waals surface area contributed by atoms with Crippen molar-refractivity contribution >= 4 is 30.7 Å². The highest BCUT2D eigenvalue weighted by molar-refractivity contribution is 5.85. The number of pyridine rings is 1. The number of hydrogen-bond donors (Lipinski definition) is 2. The molecule has 0 bridgehead atoms. The SMILES string of the molecule is CC(C)C(NC(=O)CNCC1CC1)c1nc(-c2cccnc2)no1.Cl.Cl. The van der Waals surface area contributed by atoms with Crippen molar-refractivity contribution in [1.82, 2.24) is 25.8 Å². The van der Waals surface area contributed by atoms with Crippen molar-refractivity contribution in [1.29, 1.82) is 0 Å². The molecule has 0 aliphatic heterocycles. The molecule has 144 valence electrons. The summed E-state index contributed by atoms with van der Waals surface area (Å²) in [5.41, 5.74) is 0.785. The molecule has 1 saturated carbocycles. The van der Waals surface area contributed by atoms with Crippen LogP contribution in [0.2, 0.25) is 0 Å². The van der Waals surface area contributed by atoms with Gasteiger partial charge in [-0.25, -0.2) is 0 Å². The molecular formula is C17H25Cl2N5O2. The van der Waals surface area contributed by atoms with Crippen LogP contribution in [-0.2, 0) is 4.79 Å². The van der Waals surface area contributed by atoms with Crippen LogP contribution in [0.5, 0.6) is 0 Å². The van der Waals surface area contributed by atoms with Crippen LogP contribution in [0.3, 0.4) is 0 Å². The quantitative estimate of drug-likeness (QED) is 0.706. The van der Waals surface area contributed by atoms with Gasteiger partial charge in [0.15, 0.2) is 0 Å². The van der Waals surface area contributed by atoms with E-state index in [2.05, 4.69) is 25.8 Å². The van der Waals surface area contributed by atoms with E-state index >= 15 is 0 Å². The maximum absolute atomic E-state index is 12.1. The molecule has 0 saturated heterocycles. The number of aromatic nitrogens is 3. The Bertz CT molecular complexity index is 677. The third kappa shape index (κ3) is 6.23. The van der Waals surface area contributed by atoms with Gasteiger partial charge in [0, 0.05) is 18.0 Å². The van der Waals surface area contributed by atoms with Crippen LogP contribution in [0.25, 0.3) is 11.4 Å². The Balaban J connectivity index is 0.00000169. The second-order valence-corrected chi connectivity index (χ2v) is 6.56. The van der Waals surface area contributed by atoms with Gasteiger partial charge in [0.25, 0.3) is 0 Å². The summed E-state index contributed by atoms with van der Waals surface area (Å²) in [6.45, 7) is 5.24. The Kier molecular flexibility index (Phi) is 8.98. The molecule has 26 heavy (non-hydrogen) atoms. The molecule has 1 aliphatic carbocycles. The van der Waals surface area contributed by atoms with Crippen molar-refractivity contribution in [2.45, 2.75) is 32.7 Å². The molecule has 1 amide bonds. The zero-order valence-corrected chi connectivity index (χ0v) is 16.5. The van der Waals surface area contributed by atoms with Gasteiger partial charge < -0.3 is 15.2 Å². The number of nitrogens with zero attached hydrogens (tertiary/aromatic N) is 3. The lowest BCUT2D eigenvalue weighted by molar-refractivity contribution is -0.121. The van der Waals surface area contributed by atoms with E-state index in [-0.39, 0.29) is 42.7 Å². The summed E-state index contributed by atoms with van der Waals surface area (Å²) in [7, 11) is 0. The maximum Gasteiger partial charge on any atom is 0.249 e. The van der Waals surface area contributed by atoms with E-state index in [4.69, 9.17) is 4.52 Å². The second-order valence-electron chi connectivity index (χ2n) is 6.56. The minimum atomic E-state index is -0.307. The first-order chi connectivity index (χ1) is 11.6. The lowest BCUT2D eigenvalue weighted by Crippen LogP contribution is -2.38. The first-order valence-electron chi connectivity index (χ1n) is 8.37. The minimum Gasteiger partial charge on any atom is -0.343 e. The summed E-state index contributed by atoms with van der Waals surface area (Å²) in [5.74, 6) is 1.72. The standard InChI is InChI=1S/C17H23N5O2.2ClH/c1-11(2)15(20-14(23)10-19-8-12-5-6-12)17-21-16(22-24-17)13-4-3-7-18-9-13;;/h3-4,7,9,11-12,15,19H,5-6,8,10H2,1-2H3,(H,20,23);2*1H. The van der Waals surface area contributed by atoms with Crippen LogP contribution >= 0.6 is 24.8 Å². The fourth-order valence-corrected chi connectivity index (χ4v) is 2.42. The van der Waals surface area contributed by atoms with E-state index in [1.165, 1.54) is 12.8 Å². The number of halogens is 2. The summed E-state index contributed by atoms with van der Waals surface area (Å²) < 4.78 is 5.37. The van der Waals surface area contributed by atoms with Crippen molar-refractivity contribution in [2.75, 3.05) is 13.1 Å². The number of hydrogen-bond acceptors (Lipinski definition) is 6. The lowest BCUT2D eigenvalue weighted by Gasteiger charge is -2.18. The van der Waals surface area contributed by atoms with Gasteiger partial charge in [0.2, 0.25) is 17.6 Å². The zero-order valence-electron chi connectivity index (χ0n) is 14.8. The number of amides is 1. The molecule has 0 spiro atoms. The van der Waals surface area contributed by atoms with Crippen LogP contribution in [0.1, 0.15) is 38.6 Å². The van der Waals surface area contributed by atoms with E-state index < -0.39 is 0 Å². The Hall–Kier alpha value is -1.70. The van der Waals surface area contributed by atoms with E-state index in [0.29, 0.717) is 18.3 Å². The first kappa shape index (κ1) is 22.3. The molecule has 2 N–H and O–H groups in total. The van der Waals surface area contributed by atoms with Crippen LogP contribution < -0.4 is 10.6 Å². The molecule has 1 unspecified atom stereocenters. The average Bonchev–Trinajstić information content (AvgIpc) is 3.27. The summed E-state index contributed by atoms with van der Waals surface area (Å²) >= 11 is 0. The Morgan fingerprint density at radius 2 is 2.12 bits per heavy atom. The number of rotatable bonds is 8. The largest absolute Gasteiger partial charge is 0.343 e. The van der Waals surface area contributed by atoms with Gasteiger partial charge in [0.1, 0.15) is 6.04 Å². The highest BCUT2D eigenvalue weighted by Crippen LogP contribution is 2.27. The molecule has 2 aromatic heterocycles. The molecule has 3 rings (SSSR count). The molecule has 1 aliphatic rings. The highest BCUT2D eigenvalue weighted by Gasteiger charge is 2.25. The van der Waals surface area contributed by atoms with E-state index in [1.54, 1.807) is 12.4 Å². The predicted molar refractivity (Wildman–Crippen MR) is 103 cm³/mol. The number of carbonyl (C=O) groups is 1. The zero-order chi connectivity index (χ0) is 16.9. The minimum absolute atomic E-state index is 0. The Labute approximate surface area is 165 Å². The molecule has 0 radical (unpaired) electrons. The smallest absolute Gasteiger partial charge is 0.249 e. The summed E-state index contributed by atoms with van der Waals surface area (Å²) in [6, 6.07) is 3.38. The molecule has 0 aromatic carbocycles. The van der Waals surface area contributed by atoms with Gasteiger partial charge >= 0.3 is 0 Å². The highest BCUT2D eigenvalue weighted by atomic mass is 35.5. The fourth-order valence-electron chi connectivity index (χ4n) is 2.42. The Morgan fingerprint density at radius 1 is 1.35 bits per heavy atom. The van der Waals surface area contributed by atoms with Crippen LogP contribution in [0, 0.1) is 11.8 Å². The monoisotopic (exact) mass is 401 g/mol. The maximum atomic E-state index is 12.1. The molecular weight excluding hydrogens is 377 g/mol. The number of carbonyl (C=O) groups excluding carboxylic acids is 1. The van der Waals surface area contributed by atoms with Crippen molar-refractivity contribution in [2.24, 2.45) is 11.8 Å². The topological polar surface area (TPSA) is 92.9 Å². The van der Waals surface area contributed by atoms with Crippen LogP contribution in [0.4, 0.5) is 0 Å². The van der Waals surface area contributed by atoms with Gasteiger partial charge in [0.05, 0.1) is 6.54 Å². The first-order valence-corrected chi connectivity index (χ1v) is 8.37.